The number of phenolic OH excluding ortho intramolecular Hbond substituents is 1. The minimum Gasteiger partial charge on any atom is -0.507 e. The van der Waals surface area contributed by atoms with Crippen LogP contribution in [0.25, 0.3) is 11.3 Å². The number of hydrogen-bond donors (Lipinski definition) is 2. The van der Waals surface area contributed by atoms with E-state index in [9.17, 15) is 5.11 Å². The van der Waals surface area contributed by atoms with Gasteiger partial charge in [-0.15, -0.1) is 16.1 Å². The monoisotopic (exact) mass is 254 g/mol. The van der Waals surface area contributed by atoms with Crippen molar-refractivity contribution in [2.24, 2.45) is 0 Å². The van der Waals surface area contributed by atoms with Crippen LogP contribution in [0.5, 0.6) is 5.75 Å². The number of phenols is 1. The van der Waals surface area contributed by atoms with Crippen LogP contribution >= 0.6 is 0 Å². The maximum atomic E-state index is 10.0. The second-order valence-corrected chi connectivity index (χ2v) is 3.93. The van der Waals surface area contributed by atoms with Gasteiger partial charge in [0, 0.05) is 18.2 Å². The summed E-state index contributed by atoms with van der Waals surface area (Å²) in [5.74, 6) is 6.25. The molecule has 0 radical (unpaired) electrons. The van der Waals surface area contributed by atoms with Crippen LogP contribution in [0.2, 0.25) is 0 Å². The van der Waals surface area contributed by atoms with Gasteiger partial charge >= 0.3 is 0 Å². The van der Waals surface area contributed by atoms with E-state index in [1.54, 1.807) is 26.1 Å². The van der Waals surface area contributed by atoms with E-state index in [2.05, 4.69) is 32.3 Å². The van der Waals surface area contributed by atoms with Gasteiger partial charge in [0.05, 0.1) is 5.69 Å². The Morgan fingerprint density at radius 3 is 2.63 bits per heavy atom. The van der Waals surface area contributed by atoms with Gasteiger partial charge < -0.3 is 10.4 Å². The summed E-state index contributed by atoms with van der Waals surface area (Å²) in [5.41, 5.74) is 2.62. The lowest BCUT2D eigenvalue weighted by Gasteiger charge is -2.07. The van der Waals surface area contributed by atoms with Crippen molar-refractivity contribution in [1.29, 1.82) is 0 Å². The van der Waals surface area contributed by atoms with E-state index >= 15 is 0 Å². The first kappa shape index (κ1) is 12.8. The Kier molecular flexibility index (Phi) is 3.62. The molecule has 19 heavy (non-hydrogen) atoms. The highest BCUT2D eigenvalue weighted by Gasteiger charge is 2.11. The molecule has 0 aliphatic rings. The highest BCUT2D eigenvalue weighted by atomic mass is 16.3. The number of aromatic hydroxyl groups is 1. The van der Waals surface area contributed by atoms with E-state index in [0.29, 0.717) is 22.9 Å². The fourth-order valence-corrected chi connectivity index (χ4v) is 1.71. The fraction of sp³-hybridized carbons (Fsp3) is 0.214. The Morgan fingerprint density at radius 1 is 1.26 bits per heavy atom. The summed E-state index contributed by atoms with van der Waals surface area (Å²) in [6.07, 6.45) is 0. The number of aromatic nitrogens is 3. The molecule has 2 aromatic rings. The number of anilines is 1. The zero-order valence-electron chi connectivity index (χ0n) is 11.0. The molecule has 2 rings (SSSR count). The molecule has 5 nitrogen and oxygen atoms in total. The molecule has 1 aromatic carbocycles. The van der Waals surface area contributed by atoms with Crippen molar-refractivity contribution in [3.63, 3.8) is 0 Å². The van der Waals surface area contributed by atoms with Crippen LogP contribution in [0.3, 0.4) is 0 Å². The Labute approximate surface area is 111 Å². The topological polar surface area (TPSA) is 70.9 Å². The largest absolute Gasteiger partial charge is 0.507 e. The molecule has 0 spiro atoms. The van der Waals surface area contributed by atoms with Crippen LogP contribution in [0.15, 0.2) is 18.2 Å². The number of rotatable bonds is 2. The summed E-state index contributed by atoms with van der Waals surface area (Å²) in [6, 6.07) is 5.21. The predicted octanol–water partition coefficient (Wildman–Crippen LogP) is 1.97. The van der Waals surface area contributed by atoms with Crippen LogP contribution in [0, 0.1) is 18.8 Å². The molecule has 0 aliphatic carbocycles. The van der Waals surface area contributed by atoms with Gasteiger partial charge in [-0.05, 0) is 32.0 Å². The van der Waals surface area contributed by atoms with Gasteiger partial charge in [0.1, 0.15) is 11.4 Å². The lowest BCUT2D eigenvalue weighted by molar-refractivity contribution is 0.476. The van der Waals surface area contributed by atoms with Gasteiger partial charge in [0.25, 0.3) is 0 Å². The SMILES string of the molecule is CC#Cc1ccc(-c2nnc(NC)nc2C)c(O)c1. The van der Waals surface area contributed by atoms with Crippen molar-refractivity contribution < 1.29 is 5.11 Å². The first-order valence-corrected chi connectivity index (χ1v) is 5.81. The van der Waals surface area contributed by atoms with Crippen molar-refractivity contribution in [2.45, 2.75) is 13.8 Å². The quantitative estimate of drug-likeness (QED) is 0.802. The summed E-state index contributed by atoms with van der Waals surface area (Å²) >= 11 is 0. The second-order valence-electron chi connectivity index (χ2n) is 3.93. The smallest absolute Gasteiger partial charge is 0.242 e. The maximum Gasteiger partial charge on any atom is 0.242 e. The molecule has 0 bridgehead atoms. The van der Waals surface area contributed by atoms with Gasteiger partial charge in [-0.3, -0.25) is 0 Å². The molecule has 2 N–H and O–H groups in total. The van der Waals surface area contributed by atoms with Crippen LogP contribution < -0.4 is 5.32 Å². The second kappa shape index (κ2) is 5.36. The number of nitrogens with one attached hydrogen (secondary N) is 1. The van der Waals surface area contributed by atoms with Crippen LogP contribution in [-0.4, -0.2) is 27.3 Å². The van der Waals surface area contributed by atoms with Crippen molar-refractivity contribution in [1.82, 2.24) is 15.2 Å². The minimum absolute atomic E-state index is 0.122. The molecule has 1 aromatic heterocycles. The standard InChI is InChI=1S/C14H14N4O/c1-4-5-10-6-7-11(12(19)8-10)13-9(2)16-14(15-3)18-17-13/h6-8,19H,1-3H3,(H,15,16,18). The highest BCUT2D eigenvalue weighted by Crippen LogP contribution is 2.29. The molecule has 96 valence electrons. The Balaban J connectivity index is 2.49. The molecule has 0 atom stereocenters. The minimum atomic E-state index is 0.122. The van der Waals surface area contributed by atoms with E-state index in [1.165, 1.54) is 0 Å². The number of hydrogen-bond acceptors (Lipinski definition) is 5. The zero-order chi connectivity index (χ0) is 13.8. The fourth-order valence-electron chi connectivity index (χ4n) is 1.71. The van der Waals surface area contributed by atoms with E-state index in [1.807, 2.05) is 13.0 Å². The summed E-state index contributed by atoms with van der Waals surface area (Å²) in [7, 11) is 1.73. The average Bonchev–Trinajstić information content (AvgIpc) is 2.40. The van der Waals surface area contributed by atoms with E-state index in [-0.39, 0.29) is 5.75 Å². The number of benzene rings is 1. The lowest BCUT2D eigenvalue weighted by atomic mass is 10.1. The maximum absolute atomic E-state index is 10.0. The third-order valence-electron chi connectivity index (χ3n) is 2.61. The normalized spacial score (nSPS) is 9.63. The van der Waals surface area contributed by atoms with Crippen molar-refractivity contribution in [3.8, 4) is 28.8 Å². The van der Waals surface area contributed by atoms with Gasteiger partial charge in [-0.2, -0.15) is 0 Å². The molecule has 0 fully saturated rings. The molecule has 0 saturated heterocycles. The van der Waals surface area contributed by atoms with Crippen LogP contribution in [0.4, 0.5) is 5.95 Å². The molecule has 0 unspecified atom stereocenters. The molecule has 0 aliphatic heterocycles. The number of nitrogens with zero attached hydrogens (tertiary/aromatic N) is 3. The lowest BCUT2D eigenvalue weighted by Crippen LogP contribution is -2.02. The summed E-state index contributed by atoms with van der Waals surface area (Å²) < 4.78 is 0. The third kappa shape index (κ3) is 2.63. The summed E-state index contributed by atoms with van der Waals surface area (Å²) in [6.45, 7) is 3.57. The third-order valence-corrected chi connectivity index (χ3v) is 2.61. The summed E-state index contributed by atoms with van der Waals surface area (Å²) in [5, 5.41) is 20.9. The first-order chi connectivity index (χ1) is 9.15. The highest BCUT2D eigenvalue weighted by molar-refractivity contribution is 5.69. The predicted molar refractivity (Wildman–Crippen MR) is 73.8 cm³/mol. The van der Waals surface area contributed by atoms with Gasteiger partial charge in [0.15, 0.2) is 0 Å². The molecule has 0 saturated carbocycles. The Bertz CT molecular complexity index is 671. The summed E-state index contributed by atoms with van der Waals surface area (Å²) in [4.78, 5) is 4.24. The molecule has 1 heterocycles. The van der Waals surface area contributed by atoms with E-state index in [0.717, 1.165) is 5.56 Å². The van der Waals surface area contributed by atoms with Crippen molar-refractivity contribution >= 4 is 5.95 Å². The molecular weight excluding hydrogens is 240 g/mol. The Morgan fingerprint density at radius 2 is 2.05 bits per heavy atom. The van der Waals surface area contributed by atoms with Crippen molar-refractivity contribution in [3.05, 3.63) is 29.5 Å². The molecular formula is C14H14N4O. The number of aryl methyl sites for hydroxylation is 1. The molecule has 5 heteroatoms. The van der Waals surface area contributed by atoms with Crippen molar-refractivity contribution in [2.75, 3.05) is 12.4 Å². The van der Waals surface area contributed by atoms with E-state index < -0.39 is 0 Å². The van der Waals surface area contributed by atoms with Gasteiger partial charge in [0.2, 0.25) is 5.95 Å². The molecule has 0 amide bonds. The van der Waals surface area contributed by atoms with E-state index in [4.69, 9.17) is 0 Å². The van der Waals surface area contributed by atoms with Gasteiger partial charge in [-0.25, -0.2) is 4.98 Å². The average molecular weight is 254 g/mol. The van der Waals surface area contributed by atoms with Crippen LogP contribution in [0.1, 0.15) is 18.2 Å². The first-order valence-electron chi connectivity index (χ1n) is 5.81. The van der Waals surface area contributed by atoms with Crippen LogP contribution in [-0.2, 0) is 0 Å². The zero-order valence-corrected chi connectivity index (χ0v) is 11.0. The Hall–Kier alpha value is -2.61. The van der Waals surface area contributed by atoms with Gasteiger partial charge in [-0.1, -0.05) is 5.92 Å².